The minimum absolute atomic E-state index is 0.337. The summed E-state index contributed by atoms with van der Waals surface area (Å²) in [5.41, 5.74) is 0. The fourth-order valence-electron chi connectivity index (χ4n) is 0.356. The molecule has 0 aromatic rings. The van der Waals surface area contributed by atoms with Crippen molar-refractivity contribution in [3.05, 3.63) is 0 Å². The van der Waals surface area contributed by atoms with E-state index in [0.29, 0.717) is 6.54 Å². The van der Waals surface area contributed by atoms with Crippen molar-refractivity contribution < 1.29 is 8.42 Å². The van der Waals surface area contributed by atoms with E-state index in [-0.39, 0.29) is 0 Å². The van der Waals surface area contributed by atoms with E-state index in [1.165, 1.54) is 0 Å². The Morgan fingerprint density at radius 2 is 2.22 bits per heavy atom. The minimum atomic E-state index is -3.29. The molecule has 52 valence electrons. The zero-order valence-corrected chi connectivity index (χ0v) is 5.90. The third-order valence-electron chi connectivity index (χ3n) is 0.619. The normalized spacial score (nSPS) is 10.7. The summed E-state index contributed by atoms with van der Waals surface area (Å²) >= 11 is 0. The predicted molar refractivity (Wildman–Crippen MR) is 33.1 cm³/mol. The van der Waals surface area contributed by atoms with Gasteiger partial charge in [0.25, 0.3) is 0 Å². The molecule has 0 saturated carbocycles. The van der Waals surface area contributed by atoms with Crippen molar-refractivity contribution in [1.82, 2.24) is 4.72 Å². The zero-order valence-electron chi connectivity index (χ0n) is 5.09. The Hall–Kier alpha value is -0.600. The molecule has 0 unspecified atom stereocenters. The zero-order chi connectivity index (χ0) is 7.33. The number of hydrogen-bond acceptors (Lipinski definition) is 3. The molecule has 0 heterocycles. The third kappa shape index (κ3) is 3.94. The van der Waals surface area contributed by atoms with Crippen molar-refractivity contribution in [2.45, 2.75) is 6.92 Å². The smallest absolute Gasteiger partial charge is 0.215 e. The minimum Gasteiger partial charge on any atom is -0.215 e. The third-order valence-corrected chi connectivity index (χ3v) is 1.86. The topological polar surface area (TPSA) is 70.0 Å². The van der Waals surface area contributed by atoms with E-state index in [2.05, 4.69) is 4.72 Å². The first-order chi connectivity index (χ1) is 4.12. The van der Waals surface area contributed by atoms with Crippen LogP contribution in [0.2, 0.25) is 0 Å². The van der Waals surface area contributed by atoms with Gasteiger partial charge in [-0.3, -0.25) is 0 Å². The molecule has 0 aliphatic rings. The summed E-state index contributed by atoms with van der Waals surface area (Å²) in [5.74, 6) is -0.458. The van der Waals surface area contributed by atoms with E-state index < -0.39 is 15.8 Å². The largest absolute Gasteiger partial charge is 0.225 e. The molecule has 9 heavy (non-hydrogen) atoms. The summed E-state index contributed by atoms with van der Waals surface area (Å²) in [4.78, 5) is 0. The van der Waals surface area contributed by atoms with Crippen molar-refractivity contribution in [3.63, 3.8) is 0 Å². The molecule has 0 spiro atoms. The summed E-state index contributed by atoms with van der Waals surface area (Å²) in [7, 11) is -3.29. The molecule has 0 rings (SSSR count). The van der Waals surface area contributed by atoms with Crippen LogP contribution in [0.15, 0.2) is 0 Å². The summed E-state index contributed by atoms with van der Waals surface area (Å²) in [6.07, 6.45) is 0. The van der Waals surface area contributed by atoms with Gasteiger partial charge in [0.05, 0.1) is 6.07 Å². The molecule has 0 aromatic carbocycles. The van der Waals surface area contributed by atoms with Crippen LogP contribution in [0.4, 0.5) is 0 Å². The maximum atomic E-state index is 10.5. The first kappa shape index (κ1) is 8.40. The van der Waals surface area contributed by atoms with Crippen LogP contribution in [0.1, 0.15) is 6.92 Å². The molecule has 0 aliphatic heterocycles. The first-order valence-electron chi connectivity index (χ1n) is 2.46. The second kappa shape index (κ2) is 3.43. The van der Waals surface area contributed by atoms with Gasteiger partial charge in [-0.15, -0.1) is 0 Å². The van der Waals surface area contributed by atoms with E-state index in [0.717, 1.165) is 0 Å². The quantitative estimate of drug-likeness (QED) is 0.583. The highest BCUT2D eigenvalue weighted by molar-refractivity contribution is 7.89. The van der Waals surface area contributed by atoms with Gasteiger partial charge in [0, 0.05) is 6.54 Å². The number of sulfonamides is 1. The second-order valence-corrected chi connectivity index (χ2v) is 3.22. The monoisotopic (exact) mass is 148 g/mol. The average Bonchev–Trinajstić information content (AvgIpc) is 1.64. The number of nitriles is 1. The Balaban J connectivity index is 3.93. The fraction of sp³-hybridized carbons (Fsp3) is 0.750. The highest BCUT2D eigenvalue weighted by Gasteiger charge is 2.04. The van der Waals surface area contributed by atoms with Gasteiger partial charge >= 0.3 is 0 Å². The molecule has 0 bridgehead atoms. The Morgan fingerprint density at radius 3 is 2.56 bits per heavy atom. The summed E-state index contributed by atoms with van der Waals surface area (Å²) in [5, 5.41) is 7.96. The molecule has 0 fully saturated rings. The van der Waals surface area contributed by atoms with Gasteiger partial charge in [-0.05, 0) is 0 Å². The molecule has 0 amide bonds. The predicted octanol–water partition coefficient (Wildman–Crippen LogP) is -0.551. The standard InChI is InChI=1S/C4H8N2O2S/c1-2-6-9(7,8)4-3-5/h6H,2,4H2,1H3. The summed E-state index contributed by atoms with van der Waals surface area (Å²) in [6.45, 7) is 2.00. The van der Waals surface area contributed by atoms with Crippen LogP contribution in [-0.2, 0) is 10.0 Å². The van der Waals surface area contributed by atoms with Crippen LogP contribution >= 0.6 is 0 Å². The van der Waals surface area contributed by atoms with Crippen LogP contribution < -0.4 is 4.72 Å². The van der Waals surface area contributed by atoms with Gasteiger partial charge < -0.3 is 0 Å². The molecule has 1 N–H and O–H groups in total. The van der Waals surface area contributed by atoms with Gasteiger partial charge in [-0.25, -0.2) is 13.1 Å². The summed E-state index contributed by atoms with van der Waals surface area (Å²) < 4.78 is 23.2. The van der Waals surface area contributed by atoms with Gasteiger partial charge in [0.1, 0.15) is 0 Å². The molecular weight excluding hydrogens is 140 g/mol. The van der Waals surface area contributed by atoms with E-state index in [4.69, 9.17) is 5.26 Å². The van der Waals surface area contributed by atoms with Gasteiger partial charge in [0.2, 0.25) is 10.0 Å². The lowest BCUT2D eigenvalue weighted by Crippen LogP contribution is -2.25. The van der Waals surface area contributed by atoms with Crippen LogP contribution in [-0.4, -0.2) is 20.7 Å². The number of hydrogen-bond donors (Lipinski definition) is 1. The van der Waals surface area contributed by atoms with E-state index in [1.54, 1.807) is 13.0 Å². The molecule has 5 heteroatoms. The van der Waals surface area contributed by atoms with E-state index in [9.17, 15) is 8.42 Å². The summed E-state index contributed by atoms with van der Waals surface area (Å²) in [6, 6.07) is 1.54. The molecular formula is C4H8N2O2S. The van der Waals surface area contributed by atoms with Gasteiger partial charge in [0.15, 0.2) is 5.75 Å². The van der Waals surface area contributed by atoms with Gasteiger partial charge in [-0.2, -0.15) is 5.26 Å². The Labute approximate surface area is 54.5 Å². The lowest BCUT2D eigenvalue weighted by Gasteiger charge is -1.95. The van der Waals surface area contributed by atoms with Crippen LogP contribution in [0.5, 0.6) is 0 Å². The molecule has 0 saturated heterocycles. The van der Waals surface area contributed by atoms with Crippen LogP contribution in [0, 0.1) is 11.3 Å². The van der Waals surface area contributed by atoms with Crippen LogP contribution in [0.3, 0.4) is 0 Å². The highest BCUT2D eigenvalue weighted by atomic mass is 32.2. The van der Waals surface area contributed by atoms with Crippen molar-refractivity contribution in [2.24, 2.45) is 0 Å². The van der Waals surface area contributed by atoms with Crippen molar-refractivity contribution in [1.29, 1.82) is 5.26 Å². The average molecular weight is 148 g/mol. The maximum absolute atomic E-state index is 10.5. The molecule has 0 radical (unpaired) electrons. The Bertz CT molecular complexity index is 201. The van der Waals surface area contributed by atoms with Gasteiger partial charge in [-0.1, -0.05) is 6.92 Å². The number of rotatable bonds is 3. The van der Waals surface area contributed by atoms with Crippen molar-refractivity contribution in [2.75, 3.05) is 12.3 Å². The highest BCUT2D eigenvalue weighted by Crippen LogP contribution is 1.78. The van der Waals surface area contributed by atoms with Crippen molar-refractivity contribution >= 4 is 10.0 Å². The van der Waals surface area contributed by atoms with E-state index in [1.807, 2.05) is 0 Å². The Morgan fingerprint density at radius 1 is 1.67 bits per heavy atom. The molecule has 4 nitrogen and oxygen atoms in total. The van der Waals surface area contributed by atoms with Crippen LogP contribution in [0.25, 0.3) is 0 Å². The first-order valence-corrected chi connectivity index (χ1v) is 4.12. The lowest BCUT2D eigenvalue weighted by atomic mass is 10.8. The molecule has 0 aliphatic carbocycles. The van der Waals surface area contributed by atoms with E-state index >= 15 is 0 Å². The fourth-order valence-corrected chi connectivity index (χ4v) is 1.07. The Kier molecular flexibility index (Phi) is 3.20. The van der Waals surface area contributed by atoms with Crippen molar-refractivity contribution in [3.8, 4) is 6.07 Å². The molecule has 0 aromatic heterocycles. The lowest BCUT2D eigenvalue weighted by molar-refractivity contribution is 0.587. The second-order valence-electron chi connectivity index (χ2n) is 1.42. The maximum Gasteiger partial charge on any atom is 0.225 e. The SMILES string of the molecule is CCNS(=O)(=O)CC#N. The number of nitrogens with one attached hydrogen (secondary N) is 1. The number of nitrogens with zero attached hydrogens (tertiary/aromatic N) is 1. The molecule has 0 atom stereocenters.